The fourth-order valence-electron chi connectivity index (χ4n) is 2.56. The van der Waals surface area contributed by atoms with Crippen LogP contribution in [0.5, 0.6) is 0 Å². The van der Waals surface area contributed by atoms with Gasteiger partial charge in [0.2, 0.25) is 0 Å². The molecule has 0 radical (unpaired) electrons. The largest absolute Gasteiger partial charge is 0.361 e. The Bertz CT molecular complexity index is 751. The Morgan fingerprint density at radius 1 is 1.27 bits per heavy atom. The number of benzene rings is 1. The summed E-state index contributed by atoms with van der Waals surface area (Å²) in [4.78, 5) is 28.7. The second-order valence-electron chi connectivity index (χ2n) is 5.08. The van der Waals surface area contributed by atoms with Crippen LogP contribution in [0.3, 0.4) is 0 Å². The van der Waals surface area contributed by atoms with E-state index in [0.29, 0.717) is 11.4 Å². The average molecular weight is 315 g/mol. The minimum absolute atomic E-state index is 0.223. The van der Waals surface area contributed by atoms with Crippen molar-refractivity contribution < 1.29 is 9.59 Å². The molecule has 1 fully saturated rings. The Labute approximate surface area is 132 Å². The molecule has 0 atom stereocenters. The molecular formula is C16H17N3O2S. The zero-order chi connectivity index (χ0) is 15.5. The highest BCUT2D eigenvalue weighted by Crippen LogP contribution is 2.30. The lowest BCUT2D eigenvalue weighted by Crippen LogP contribution is -2.33. The first-order chi connectivity index (χ1) is 10.7. The van der Waals surface area contributed by atoms with Gasteiger partial charge in [-0.25, -0.2) is 0 Å². The van der Waals surface area contributed by atoms with Gasteiger partial charge in [0.25, 0.3) is 11.1 Å². The summed E-state index contributed by atoms with van der Waals surface area (Å²) in [6.07, 6.45) is 5.40. The normalized spacial score (nSPS) is 17.1. The quantitative estimate of drug-likeness (QED) is 0.831. The van der Waals surface area contributed by atoms with Crippen molar-refractivity contribution in [2.24, 2.45) is 5.73 Å². The number of fused-ring (bicyclic) bond motifs is 1. The molecule has 3 N–H and O–H groups in total. The van der Waals surface area contributed by atoms with Crippen LogP contribution in [0.1, 0.15) is 12.0 Å². The van der Waals surface area contributed by atoms with Gasteiger partial charge in [-0.15, -0.1) is 0 Å². The number of thioether (sulfide) groups is 1. The van der Waals surface area contributed by atoms with Crippen molar-refractivity contribution in [2.75, 3.05) is 13.1 Å². The Kier molecular flexibility index (Phi) is 4.31. The van der Waals surface area contributed by atoms with E-state index >= 15 is 0 Å². The highest BCUT2D eigenvalue weighted by atomic mass is 32.2. The summed E-state index contributed by atoms with van der Waals surface area (Å²) in [5.41, 5.74) is 7.74. The number of aryl methyl sites for hydroxylation is 1. The van der Waals surface area contributed by atoms with Crippen molar-refractivity contribution in [3.63, 3.8) is 0 Å². The molecule has 1 aromatic carbocycles. The lowest BCUT2D eigenvalue weighted by molar-refractivity contribution is -0.122. The van der Waals surface area contributed by atoms with E-state index in [4.69, 9.17) is 5.73 Å². The van der Waals surface area contributed by atoms with E-state index < -0.39 is 0 Å². The molecule has 1 saturated heterocycles. The number of nitrogens with one attached hydrogen (secondary N) is 1. The lowest BCUT2D eigenvalue weighted by atomic mass is 10.1. The first-order valence-electron chi connectivity index (χ1n) is 7.19. The third kappa shape index (κ3) is 2.80. The Morgan fingerprint density at radius 3 is 2.91 bits per heavy atom. The highest BCUT2D eigenvalue weighted by molar-refractivity contribution is 8.18. The number of carbonyl (C=O) groups excluding carboxylic acids is 2. The fraction of sp³-hybridized carbons (Fsp3) is 0.250. The van der Waals surface area contributed by atoms with Crippen LogP contribution >= 0.6 is 11.8 Å². The summed E-state index contributed by atoms with van der Waals surface area (Å²) in [5, 5.41) is 0.973. The third-order valence-electron chi connectivity index (χ3n) is 3.64. The van der Waals surface area contributed by atoms with Gasteiger partial charge in [0.05, 0.1) is 4.91 Å². The number of para-hydroxylation sites is 1. The minimum Gasteiger partial charge on any atom is -0.361 e. The van der Waals surface area contributed by atoms with E-state index in [1.807, 2.05) is 30.5 Å². The molecule has 0 unspecified atom stereocenters. The van der Waals surface area contributed by atoms with Crippen LogP contribution in [0.15, 0.2) is 41.4 Å². The fourth-order valence-corrected chi connectivity index (χ4v) is 3.43. The van der Waals surface area contributed by atoms with Gasteiger partial charge >= 0.3 is 0 Å². The van der Waals surface area contributed by atoms with E-state index in [2.05, 4.69) is 11.1 Å². The number of rotatable bonds is 5. The Hall–Kier alpha value is -2.05. The molecule has 1 aliphatic rings. The molecule has 3 rings (SSSR count). The molecule has 5 nitrogen and oxygen atoms in total. The molecule has 2 aromatic rings. The SMILES string of the molecule is NCCN1C(=O)S/C(=C\CCc2c[nH]c3ccccc23)C1=O. The smallest absolute Gasteiger partial charge is 0.293 e. The predicted molar refractivity (Wildman–Crippen MR) is 88.5 cm³/mol. The molecule has 0 saturated carbocycles. The van der Waals surface area contributed by atoms with Crippen LogP contribution in [0, 0.1) is 0 Å². The molecule has 114 valence electrons. The van der Waals surface area contributed by atoms with Gasteiger partial charge in [-0.1, -0.05) is 24.3 Å². The van der Waals surface area contributed by atoms with E-state index in [-0.39, 0.29) is 17.7 Å². The average Bonchev–Trinajstić information content (AvgIpc) is 3.05. The Morgan fingerprint density at radius 2 is 2.09 bits per heavy atom. The summed E-state index contributed by atoms with van der Waals surface area (Å²) in [6, 6.07) is 8.13. The van der Waals surface area contributed by atoms with Crippen molar-refractivity contribution in [3.05, 3.63) is 47.0 Å². The molecule has 0 bridgehead atoms. The molecule has 0 aliphatic carbocycles. The van der Waals surface area contributed by atoms with Crippen molar-refractivity contribution in [2.45, 2.75) is 12.8 Å². The number of aromatic nitrogens is 1. The van der Waals surface area contributed by atoms with Crippen LogP contribution in [0.2, 0.25) is 0 Å². The summed E-state index contributed by atoms with van der Waals surface area (Å²) in [5.74, 6) is -0.223. The van der Waals surface area contributed by atoms with Crippen LogP contribution in [-0.2, 0) is 11.2 Å². The van der Waals surface area contributed by atoms with E-state index in [0.717, 1.165) is 30.1 Å². The monoisotopic (exact) mass is 315 g/mol. The van der Waals surface area contributed by atoms with E-state index in [1.54, 1.807) is 0 Å². The minimum atomic E-state index is -0.228. The number of nitrogens with two attached hydrogens (primary N) is 1. The van der Waals surface area contributed by atoms with Crippen LogP contribution < -0.4 is 5.73 Å². The zero-order valence-electron chi connectivity index (χ0n) is 12.0. The van der Waals surface area contributed by atoms with Gasteiger partial charge in [0.15, 0.2) is 0 Å². The number of nitrogens with zero attached hydrogens (tertiary/aromatic N) is 1. The van der Waals surface area contributed by atoms with Crippen molar-refractivity contribution >= 4 is 33.8 Å². The number of allylic oxidation sites excluding steroid dienone is 1. The molecule has 6 heteroatoms. The maximum atomic E-state index is 12.1. The first kappa shape index (κ1) is 14.9. The van der Waals surface area contributed by atoms with Gasteiger partial charge in [-0.2, -0.15) is 0 Å². The van der Waals surface area contributed by atoms with Crippen molar-refractivity contribution in [3.8, 4) is 0 Å². The van der Waals surface area contributed by atoms with Crippen LogP contribution in [0.4, 0.5) is 4.79 Å². The topological polar surface area (TPSA) is 79.2 Å². The van der Waals surface area contributed by atoms with E-state index in [1.165, 1.54) is 15.8 Å². The number of amides is 2. The van der Waals surface area contributed by atoms with Gasteiger partial charge in [0.1, 0.15) is 0 Å². The number of hydrogen-bond acceptors (Lipinski definition) is 4. The summed E-state index contributed by atoms with van der Waals surface area (Å²) < 4.78 is 0. The summed E-state index contributed by atoms with van der Waals surface area (Å²) in [6.45, 7) is 0.575. The third-order valence-corrected chi connectivity index (χ3v) is 4.60. The maximum absolute atomic E-state index is 12.1. The first-order valence-corrected chi connectivity index (χ1v) is 8.01. The molecule has 0 spiro atoms. The molecule has 2 heterocycles. The number of H-pyrrole nitrogens is 1. The summed E-state index contributed by atoms with van der Waals surface area (Å²) in [7, 11) is 0. The lowest BCUT2D eigenvalue weighted by Gasteiger charge is -2.09. The molecule has 1 aromatic heterocycles. The number of carbonyl (C=O) groups is 2. The molecular weight excluding hydrogens is 298 g/mol. The van der Waals surface area contributed by atoms with Gasteiger partial charge < -0.3 is 10.7 Å². The highest BCUT2D eigenvalue weighted by Gasteiger charge is 2.33. The van der Waals surface area contributed by atoms with E-state index in [9.17, 15) is 9.59 Å². The standard InChI is InChI=1S/C16H17N3O2S/c17-8-9-19-15(20)14(22-16(19)21)7-3-4-11-10-18-13-6-2-1-5-12(11)13/h1-2,5-7,10,18H,3-4,8-9,17H2/b14-7-. The maximum Gasteiger partial charge on any atom is 0.293 e. The molecule has 22 heavy (non-hydrogen) atoms. The van der Waals surface area contributed by atoms with Gasteiger partial charge in [-0.05, 0) is 36.2 Å². The number of imide groups is 1. The predicted octanol–water partition coefficient (Wildman–Crippen LogP) is 2.64. The molecule has 1 aliphatic heterocycles. The summed E-state index contributed by atoms with van der Waals surface area (Å²) >= 11 is 0.998. The van der Waals surface area contributed by atoms with Gasteiger partial charge in [0, 0.05) is 30.2 Å². The van der Waals surface area contributed by atoms with Gasteiger partial charge in [-0.3, -0.25) is 14.5 Å². The van der Waals surface area contributed by atoms with Crippen LogP contribution in [0.25, 0.3) is 10.9 Å². The number of aromatic amines is 1. The molecule has 2 amide bonds. The van der Waals surface area contributed by atoms with Crippen LogP contribution in [-0.4, -0.2) is 34.1 Å². The zero-order valence-corrected chi connectivity index (χ0v) is 12.9. The number of hydrogen-bond donors (Lipinski definition) is 2. The van der Waals surface area contributed by atoms with Crippen molar-refractivity contribution in [1.29, 1.82) is 0 Å². The second-order valence-corrected chi connectivity index (χ2v) is 6.07. The second kappa shape index (κ2) is 6.37. The Balaban J connectivity index is 1.68. The van der Waals surface area contributed by atoms with Crippen molar-refractivity contribution in [1.82, 2.24) is 9.88 Å².